The van der Waals surface area contributed by atoms with Crippen LogP contribution in [0.15, 0.2) is 12.1 Å². The molecule has 2 N–H and O–H groups in total. The minimum Gasteiger partial charge on any atom is -0.380 e. The maximum atomic E-state index is 12.4. The Kier molecular flexibility index (Phi) is 3.58. The second-order valence-corrected chi connectivity index (χ2v) is 4.81. The van der Waals surface area contributed by atoms with Crippen LogP contribution >= 0.6 is 0 Å². The predicted octanol–water partition coefficient (Wildman–Crippen LogP) is 2.19. The highest BCUT2D eigenvalue weighted by Gasteiger charge is 2.37. The highest BCUT2D eigenvalue weighted by Crippen LogP contribution is 2.30. The van der Waals surface area contributed by atoms with E-state index in [0.29, 0.717) is 19.8 Å². The highest BCUT2D eigenvalue weighted by atomic mass is 19.4. The maximum absolute atomic E-state index is 12.4. The third-order valence-corrected chi connectivity index (χ3v) is 3.43. The first-order chi connectivity index (χ1) is 8.86. The number of hydrogen-bond donors (Lipinski definition) is 2. The zero-order valence-corrected chi connectivity index (χ0v) is 10.4. The van der Waals surface area contributed by atoms with Gasteiger partial charge in [0.05, 0.1) is 13.2 Å². The molecule has 4 nitrogen and oxygen atoms in total. The van der Waals surface area contributed by atoms with Crippen molar-refractivity contribution in [3.8, 4) is 0 Å². The topological polar surface area (TPSA) is 54.1 Å². The van der Waals surface area contributed by atoms with Crippen LogP contribution in [-0.2, 0) is 10.9 Å². The SMILES string of the molecule is CCC1(CNC(=O)c2ccc(C(F)(F)F)[nH]2)COC1. The average molecular weight is 276 g/mol. The molecule has 2 rings (SSSR count). The predicted molar refractivity (Wildman–Crippen MR) is 61.7 cm³/mol. The van der Waals surface area contributed by atoms with Crippen molar-refractivity contribution in [2.45, 2.75) is 19.5 Å². The Bertz CT molecular complexity index is 458. The van der Waals surface area contributed by atoms with Crippen LogP contribution in [0.3, 0.4) is 0 Å². The van der Waals surface area contributed by atoms with Gasteiger partial charge in [-0.3, -0.25) is 4.79 Å². The Morgan fingerprint density at radius 2 is 2.16 bits per heavy atom. The number of rotatable bonds is 4. The summed E-state index contributed by atoms with van der Waals surface area (Å²) in [6.45, 7) is 3.54. The lowest BCUT2D eigenvalue weighted by Gasteiger charge is -2.40. The second-order valence-electron chi connectivity index (χ2n) is 4.81. The van der Waals surface area contributed by atoms with Crippen molar-refractivity contribution in [2.75, 3.05) is 19.8 Å². The van der Waals surface area contributed by atoms with Crippen LogP contribution in [-0.4, -0.2) is 30.6 Å². The smallest absolute Gasteiger partial charge is 0.380 e. The van der Waals surface area contributed by atoms with Crippen LogP contribution in [0.1, 0.15) is 29.5 Å². The van der Waals surface area contributed by atoms with E-state index in [2.05, 4.69) is 10.3 Å². The molecule has 1 aromatic heterocycles. The Labute approximate surface area is 108 Å². The third kappa shape index (κ3) is 2.91. The fraction of sp³-hybridized carbons (Fsp3) is 0.583. The van der Waals surface area contributed by atoms with Gasteiger partial charge in [0.2, 0.25) is 0 Å². The summed E-state index contributed by atoms with van der Waals surface area (Å²) in [5.74, 6) is -0.532. The molecule has 0 saturated carbocycles. The molecule has 1 amide bonds. The van der Waals surface area contributed by atoms with Gasteiger partial charge in [-0.05, 0) is 18.6 Å². The molecule has 0 radical (unpaired) electrons. The van der Waals surface area contributed by atoms with Gasteiger partial charge in [0.1, 0.15) is 11.4 Å². The second kappa shape index (κ2) is 4.88. The summed E-state index contributed by atoms with van der Waals surface area (Å²) in [5.41, 5.74) is -1.08. The molecule has 0 atom stereocenters. The number of alkyl halides is 3. The largest absolute Gasteiger partial charge is 0.431 e. The van der Waals surface area contributed by atoms with Gasteiger partial charge in [-0.2, -0.15) is 13.2 Å². The van der Waals surface area contributed by atoms with Crippen LogP contribution < -0.4 is 5.32 Å². The summed E-state index contributed by atoms with van der Waals surface area (Å²) >= 11 is 0. The van der Waals surface area contributed by atoms with Crippen LogP contribution in [0, 0.1) is 5.41 Å². The molecule has 0 spiro atoms. The van der Waals surface area contributed by atoms with Crippen molar-refractivity contribution in [1.29, 1.82) is 0 Å². The van der Waals surface area contributed by atoms with Crippen molar-refractivity contribution in [1.82, 2.24) is 10.3 Å². The van der Waals surface area contributed by atoms with Gasteiger partial charge in [-0.15, -0.1) is 0 Å². The lowest BCUT2D eigenvalue weighted by molar-refractivity contribution is -0.140. The molecule has 0 aliphatic carbocycles. The molecule has 0 bridgehead atoms. The van der Waals surface area contributed by atoms with Crippen LogP contribution in [0.2, 0.25) is 0 Å². The van der Waals surface area contributed by atoms with E-state index in [1.807, 2.05) is 6.92 Å². The maximum Gasteiger partial charge on any atom is 0.431 e. The Balaban J connectivity index is 1.95. The fourth-order valence-electron chi connectivity index (χ4n) is 1.88. The summed E-state index contributed by atoms with van der Waals surface area (Å²) < 4.78 is 42.2. The molecule has 106 valence electrons. The molecule has 1 saturated heterocycles. The van der Waals surface area contributed by atoms with E-state index in [4.69, 9.17) is 4.74 Å². The number of aromatic nitrogens is 1. The molecule has 0 aromatic carbocycles. The molecule has 7 heteroatoms. The van der Waals surface area contributed by atoms with Crippen molar-refractivity contribution in [3.05, 3.63) is 23.5 Å². The van der Waals surface area contributed by atoms with Crippen LogP contribution in [0.25, 0.3) is 0 Å². The van der Waals surface area contributed by atoms with Crippen LogP contribution in [0.4, 0.5) is 13.2 Å². The number of carbonyl (C=O) groups excluding carboxylic acids is 1. The zero-order valence-electron chi connectivity index (χ0n) is 10.4. The van der Waals surface area contributed by atoms with Gasteiger partial charge in [0.25, 0.3) is 5.91 Å². The Morgan fingerprint density at radius 3 is 2.58 bits per heavy atom. The molecule has 1 aliphatic rings. The number of carbonyl (C=O) groups is 1. The fourth-order valence-corrected chi connectivity index (χ4v) is 1.88. The summed E-state index contributed by atoms with van der Waals surface area (Å²) in [4.78, 5) is 13.8. The van der Waals surface area contributed by atoms with E-state index in [1.54, 1.807) is 0 Å². The van der Waals surface area contributed by atoms with Gasteiger partial charge in [0.15, 0.2) is 0 Å². The number of ether oxygens (including phenoxy) is 1. The van der Waals surface area contributed by atoms with Gasteiger partial charge in [-0.25, -0.2) is 0 Å². The Morgan fingerprint density at radius 1 is 1.47 bits per heavy atom. The lowest BCUT2D eigenvalue weighted by atomic mass is 9.83. The molecule has 0 unspecified atom stereocenters. The minimum atomic E-state index is -4.47. The van der Waals surface area contributed by atoms with E-state index in [0.717, 1.165) is 18.6 Å². The molecule has 1 aromatic rings. The first-order valence-electron chi connectivity index (χ1n) is 5.98. The zero-order chi connectivity index (χ0) is 14.1. The number of H-pyrrole nitrogens is 1. The first-order valence-corrected chi connectivity index (χ1v) is 5.98. The van der Waals surface area contributed by atoms with E-state index in [-0.39, 0.29) is 11.1 Å². The number of nitrogens with one attached hydrogen (secondary N) is 2. The molecule has 1 fully saturated rings. The van der Waals surface area contributed by atoms with Gasteiger partial charge < -0.3 is 15.0 Å². The molecule has 1 aliphatic heterocycles. The summed E-state index contributed by atoms with van der Waals surface area (Å²) in [6, 6.07) is 1.99. The summed E-state index contributed by atoms with van der Waals surface area (Å²) in [5, 5.41) is 2.64. The summed E-state index contributed by atoms with van der Waals surface area (Å²) in [6.07, 6.45) is -3.61. The molecule has 19 heavy (non-hydrogen) atoms. The average Bonchev–Trinajstić information content (AvgIpc) is 2.76. The molecular formula is C12H15F3N2O2. The summed E-state index contributed by atoms with van der Waals surface area (Å²) in [7, 11) is 0. The van der Waals surface area contributed by atoms with Gasteiger partial charge in [-0.1, -0.05) is 6.92 Å². The molecular weight excluding hydrogens is 261 g/mol. The lowest BCUT2D eigenvalue weighted by Crippen LogP contribution is -2.50. The third-order valence-electron chi connectivity index (χ3n) is 3.43. The number of halogens is 3. The standard InChI is InChI=1S/C12H15F3N2O2/c1-2-11(6-19-7-11)5-16-10(18)8-3-4-9(17-8)12(13,14)15/h3-4,17H,2,5-7H2,1H3,(H,16,18). The van der Waals surface area contributed by atoms with Crippen molar-refractivity contribution in [3.63, 3.8) is 0 Å². The quantitative estimate of drug-likeness (QED) is 0.885. The van der Waals surface area contributed by atoms with Crippen molar-refractivity contribution < 1.29 is 22.7 Å². The van der Waals surface area contributed by atoms with E-state index in [9.17, 15) is 18.0 Å². The highest BCUT2D eigenvalue weighted by molar-refractivity contribution is 5.92. The minimum absolute atomic E-state index is 0.0743. The monoisotopic (exact) mass is 276 g/mol. The van der Waals surface area contributed by atoms with Crippen molar-refractivity contribution >= 4 is 5.91 Å². The van der Waals surface area contributed by atoms with Crippen molar-refractivity contribution in [2.24, 2.45) is 5.41 Å². The number of amides is 1. The number of hydrogen-bond acceptors (Lipinski definition) is 2. The first kappa shape index (κ1) is 13.9. The van der Waals surface area contributed by atoms with Gasteiger partial charge >= 0.3 is 6.18 Å². The van der Waals surface area contributed by atoms with E-state index in [1.165, 1.54) is 0 Å². The Hall–Kier alpha value is -1.50. The van der Waals surface area contributed by atoms with E-state index < -0.39 is 17.8 Å². The van der Waals surface area contributed by atoms with Gasteiger partial charge in [0, 0.05) is 12.0 Å². The molecule has 2 heterocycles. The van der Waals surface area contributed by atoms with E-state index >= 15 is 0 Å². The normalized spacial score (nSPS) is 17.9. The van der Waals surface area contributed by atoms with Crippen LogP contribution in [0.5, 0.6) is 0 Å². The number of aromatic amines is 1.